The van der Waals surface area contributed by atoms with Crippen LogP contribution in [0.1, 0.15) is 17.0 Å². The summed E-state index contributed by atoms with van der Waals surface area (Å²) in [6.45, 7) is 6.68. The highest BCUT2D eigenvalue weighted by molar-refractivity contribution is 7.86. The lowest BCUT2D eigenvalue weighted by molar-refractivity contribution is -0.709. The minimum absolute atomic E-state index is 0.118. The van der Waals surface area contributed by atoms with Crippen molar-refractivity contribution in [2.75, 3.05) is 6.61 Å². The van der Waals surface area contributed by atoms with Crippen LogP contribution < -0.4 is 4.57 Å². The summed E-state index contributed by atoms with van der Waals surface area (Å²) in [5.41, 5.74) is 3.38. The van der Waals surface area contributed by atoms with E-state index in [-0.39, 0.29) is 11.5 Å². The molecule has 26 heavy (non-hydrogen) atoms. The Kier molecular flexibility index (Phi) is 7.77. The molecule has 2 rings (SSSR count). The molecule has 2 aromatic rings. The smallest absolute Gasteiger partial charge is 0.418 e. The van der Waals surface area contributed by atoms with Crippen molar-refractivity contribution in [1.82, 2.24) is 0 Å². The molecular formula is C16H20BF4NO3S. The summed E-state index contributed by atoms with van der Waals surface area (Å²) in [7, 11) is -9.68. The minimum atomic E-state index is -6.00. The monoisotopic (exact) mass is 393 g/mol. The first-order valence-corrected chi connectivity index (χ1v) is 9.10. The maximum atomic E-state index is 12.0. The fourth-order valence-corrected chi connectivity index (χ4v) is 3.30. The first-order valence-electron chi connectivity index (χ1n) is 7.69. The van der Waals surface area contributed by atoms with E-state index in [9.17, 15) is 25.7 Å². The van der Waals surface area contributed by atoms with E-state index in [4.69, 9.17) is 4.18 Å². The zero-order valence-corrected chi connectivity index (χ0v) is 15.4. The normalized spacial score (nSPS) is 11.7. The summed E-state index contributed by atoms with van der Waals surface area (Å²) in [6.07, 6.45) is 0. The number of aromatic nitrogens is 1. The summed E-state index contributed by atoms with van der Waals surface area (Å²) in [6, 6.07) is 12.3. The van der Waals surface area contributed by atoms with E-state index in [0.29, 0.717) is 6.54 Å². The van der Waals surface area contributed by atoms with Crippen LogP contribution in [0.2, 0.25) is 0 Å². The van der Waals surface area contributed by atoms with Crippen molar-refractivity contribution in [1.29, 1.82) is 0 Å². The van der Waals surface area contributed by atoms with Crippen LogP contribution in [0.4, 0.5) is 17.3 Å². The summed E-state index contributed by atoms with van der Waals surface area (Å²) in [4.78, 5) is 0.187. The van der Waals surface area contributed by atoms with Gasteiger partial charge in [-0.2, -0.15) is 13.0 Å². The minimum Gasteiger partial charge on any atom is -0.418 e. The third-order valence-corrected chi connectivity index (χ3v) is 4.64. The largest absolute Gasteiger partial charge is 0.673 e. The molecule has 0 fully saturated rings. The van der Waals surface area contributed by atoms with E-state index in [0.717, 1.165) is 11.4 Å². The first-order chi connectivity index (χ1) is 11.9. The van der Waals surface area contributed by atoms with Crippen LogP contribution in [-0.2, 0) is 20.8 Å². The van der Waals surface area contributed by atoms with Crippen LogP contribution in [0.5, 0.6) is 0 Å². The Bertz CT molecular complexity index is 798. The van der Waals surface area contributed by atoms with Gasteiger partial charge in [0.15, 0.2) is 17.9 Å². The number of hydrogen-bond donors (Lipinski definition) is 0. The Hall–Kier alpha value is -1.94. The highest BCUT2D eigenvalue weighted by atomic mass is 32.2. The highest BCUT2D eigenvalue weighted by Crippen LogP contribution is 2.11. The molecule has 1 aromatic carbocycles. The molecule has 0 N–H and O–H groups in total. The van der Waals surface area contributed by atoms with Gasteiger partial charge in [0.1, 0.15) is 6.61 Å². The van der Waals surface area contributed by atoms with Gasteiger partial charge in [0.25, 0.3) is 10.1 Å². The Balaban J connectivity index is 0.000000597. The summed E-state index contributed by atoms with van der Waals surface area (Å²) in [5.74, 6) is 0. The van der Waals surface area contributed by atoms with Gasteiger partial charge in [-0.15, -0.1) is 0 Å². The van der Waals surface area contributed by atoms with Crippen molar-refractivity contribution in [3.63, 3.8) is 0 Å². The quantitative estimate of drug-likeness (QED) is 0.338. The van der Waals surface area contributed by atoms with Gasteiger partial charge in [0, 0.05) is 26.0 Å². The molecule has 0 radical (unpaired) electrons. The fraction of sp³-hybridized carbons (Fsp3) is 0.312. The van der Waals surface area contributed by atoms with Crippen molar-refractivity contribution < 1.29 is 34.4 Å². The number of halogens is 4. The average Bonchev–Trinajstić information content (AvgIpc) is 2.49. The van der Waals surface area contributed by atoms with Crippen molar-refractivity contribution in [2.45, 2.75) is 32.2 Å². The topological polar surface area (TPSA) is 47.2 Å². The third kappa shape index (κ3) is 7.96. The Labute approximate surface area is 150 Å². The number of benzene rings is 1. The molecular weight excluding hydrogens is 373 g/mol. The van der Waals surface area contributed by atoms with E-state index in [2.05, 4.69) is 12.1 Å². The Morgan fingerprint density at radius 3 is 1.88 bits per heavy atom. The van der Waals surface area contributed by atoms with Gasteiger partial charge in [-0.25, -0.2) is 0 Å². The molecule has 0 aliphatic heterocycles. The van der Waals surface area contributed by atoms with Gasteiger partial charge in [0.05, 0.1) is 4.90 Å². The fourth-order valence-electron chi connectivity index (χ4n) is 2.38. The molecule has 0 aliphatic carbocycles. The highest BCUT2D eigenvalue weighted by Gasteiger charge is 2.20. The molecule has 0 unspecified atom stereocenters. The zero-order valence-electron chi connectivity index (χ0n) is 14.6. The lowest BCUT2D eigenvalue weighted by Crippen LogP contribution is -2.42. The maximum Gasteiger partial charge on any atom is 0.673 e. The molecule has 0 saturated carbocycles. The van der Waals surface area contributed by atoms with E-state index in [1.165, 1.54) is 17.7 Å². The molecule has 144 valence electrons. The molecule has 0 amide bonds. The molecule has 1 aromatic heterocycles. The Morgan fingerprint density at radius 2 is 1.42 bits per heavy atom. The molecule has 0 bridgehead atoms. The lowest BCUT2D eigenvalue weighted by Gasteiger charge is -2.07. The van der Waals surface area contributed by atoms with E-state index < -0.39 is 17.4 Å². The average molecular weight is 393 g/mol. The van der Waals surface area contributed by atoms with Crippen molar-refractivity contribution >= 4 is 17.4 Å². The SMILES string of the molecule is Cc1cc(C)[n+](CCOS(=O)(=O)c2ccccc2)c(C)c1.F[B-](F)(F)F. The number of pyridine rings is 1. The second kappa shape index (κ2) is 9.13. The second-order valence-electron chi connectivity index (χ2n) is 5.55. The van der Waals surface area contributed by atoms with Crippen LogP contribution in [0, 0.1) is 20.8 Å². The lowest BCUT2D eigenvalue weighted by atomic mass is 10.2. The third-order valence-electron chi connectivity index (χ3n) is 3.31. The predicted octanol–water partition coefficient (Wildman–Crippen LogP) is 3.60. The number of aryl methyl sites for hydroxylation is 3. The molecule has 0 saturated heterocycles. The zero-order chi connectivity index (χ0) is 20.0. The van der Waals surface area contributed by atoms with Crippen LogP contribution in [0.15, 0.2) is 47.4 Å². The number of rotatable bonds is 5. The van der Waals surface area contributed by atoms with Gasteiger partial charge in [-0.3, -0.25) is 4.18 Å². The van der Waals surface area contributed by atoms with Gasteiger partial charge < -0.3 is 17.3 Å². The van der Waals surface area contributed by atoms with E-state index in [1.54, 1.807) is 18.2 Å². The van der Waals surface area contributed by atoms with Gasteiger partial charge in [-0.1, -0.05) is 18.2 Å². The summed E-state index contributed by atoms with van der Waals surface area (Å²) < 4.78 is 70.2. The van der Waals surface area contributed by atoms with Crippen molar-refractivity contribution in [2.24, 2.45) is 0 Å². The predicted molar refractivity (Wildman–Crippen MR) is 90.6 cm³/mol. The van der Waals surface area contributed by atoms with Crippen LogP contribution in [-0.4, -0.2) is 22.3 Å². The van der Waals surface area contributed by atoms with E-state index >= 15 is 0 Å². The molecule has 1 heterocycles. The molecule has 0 aliphatic rings. The van der Waals surface area contributed by atoms with Crippen LogP contribution in [0.25, 0.3) is 0 Å². The van der Waals surface area contributed by atoms with Gasteiger partial charge in [0.2, 0.25) is 0 Å². The first kappa shape index (κ1) is 22.1. The number of hydrogen-bond acceptors (Lipinski definition) is 3. The van der Waals surface area contributed by atoms with Crippen molar-refractivity contribution in [3.05, 3.63) is 59.4 Å². The standard InChI is InChI=1S/C16H20NO3S.BF4/c1-13-11-14(2)17(15(3)12-13)9-10-20-21(18,19)16-7-5-4-6-8-16;2-1(3,4)5/h4-8,11-12H,9-10H2,1-3H3;/q+1;-1. The second-order valence-corrected chi connectivity index (χ2v) is 7.17. The van der Waals surface area contributed by atoms with Crippen LogP contribution in [0.3, 0.4) is 0 Å². The summed E-state index contributed by atoms with van der Waals surface area (Å²) in [5, 5.41) is 0. The molecule has 0 spiro atoms. The van der Waals surface area contributed by atoms with Gasteiger partial charge >= 0.3 is 7.25 Å². The molecule has 4 nitrogen and oxygen atoms in total. The summed E-state index contributed by atoms with van der Waals surface area (Å²) >= 11 is 0. The maximum absolute atomic E-state index is 12.0. The number of nitrogens with zero attached hydrogens (tertiary/aromatic N) is 1. The van der Waals surface area contributed by atoms with Crippen LogP contribution >= 0.6 is 0 Å². The Morgan fingerprint density at radius 1 is 0.962 bits per heavy atom. The molecule has 0 atom stereocenters. The van der Waals surface area contributed by atoms with Crippen molar-refractivity contribution in [3.8, 4) is 0 Å². The van der Waals surface area contributed by atoms with E-state index in [1.807, 2.05) is 25.3 Å². The van der Waals surface area contributed by atoms with Gasteiger partial charge in [-0.05, 0) is 24.6 Å². The molecule has 10 heteroatoms.